The molecular formula is C27H24F6O9. The Morgan fingerprint density at radius 2 is 0.786 bits per heavy atom. The third-order valence-corrected chi connectivity index (χ3v) is 7.39. The number of rotatable bonds is 8. The molecule has 3 rings (SSSR count). The summed E-state index contributed by atoms with van der Waals surface area (Å²) in [5.74, 6) is -10.6. The maximum atomic E-state index is 15.4. The van der Waals surface area contributed by atoms with Crippen LogP contribution in [0.1, 0.15) is 103 Å². The predicted octanol–water partition coefficient (Wildman–Crippen LogP) is 6.25. The Hall–Kier alpha value is -4.30. The molecule has 0 saturated carbocycles. The molecule has 0 amide bonds. The van der Waals surface area contributed by atoms with E-state index < -0.39 is 134 Å². The van der Waals surface area contributed by atoms with Crippen molar-refractivity contribution in [3.8, 4) is 11.5 Å². The molecule has 15 heteroatoms. The van der Waals surface area contributed by atoms with Gasteiger partial charge in [0.2, 0.25) is 5.41 Å². The standard InChI is InChI=1S/C27H24F6O9/c1-5-9-13(21(34)35)15(23(38)39)11(7-3)19-17(9)25(26(28,29)30,27(31,32)33)18-10(6-2)14(22(36)37)16(24(40)41)12(8-4)20(18)42-19/h5-8H2,1-4H3,(H,34,35)(H,36,37)(H,38,39)(H,40,41). The van der Waals surface area contributed by atoms with Gasteiger partial charge in [-0.25, -0.2) is 19.2 Å². The minimum atomic E-state index is -6.36. The highest BCUT2D eigenvalue weighted by Crippen LogP contribution is 2.66. The molecule has 0 bridgehead atoms. The number of hydrogen-bond donors (Lipinski definition) is 4. The number of ether oxygens (including phenoxy) is 1. The van der Waals surface area contributed by atoms with Crippen molar-refractivity contribution in [3.63, 3.8) is 0 Å². The van der Waals surface area contributed by atoms with E-state index in [2.05, 4.69) is 0 Å². The highest BCUT2D eigenvalue weighted by atomic mass is 19.4. The molecule has 228 valence electrons. The Balaban J connectivity index is 3.00. The van der Waals surface area contributed by atoms with Gasteiger partial charge in [-0.3, -0.25) is 0 Å². The topological polar surface area (TPSA) is 158 Å². The van der Waals surface area contributed by atoms with Crippen molar-refractivity contribution in [3.05, 3.63) is 55.6 Å². The van der Waals surface area contributed by atoms with Crippen molar-refractivity contribution in [2.75, 3.05) is 0 Å². The molecule has 2 aromatic rings. The number of carbonyl (C=O) groups is 4. The van der Waals surface area contributed by atoms with Crippen LogP contribution in [0.25, 0.3) is 0 Å². The van der Waals surface area contributed by atoms with Gasteiger partial charge < -0.3 is 25.2 Å². The van der Waals surface area contributed by atoms with E-state index in [0.29, 0.717) is 0 Å². The lowest BCUT2D eigenvalue weighted by molar-refractivity contribution is -0.290. The van der Waals surface area contributed by atoms with Crippen LogP contribution >= 0.6 is 0 Å². The minimum absolute atomic E-state index is 0.601. The zero-order chi connectivity index (χ0) is 32.3. The summed E-state index contributed by atoms with van der Waals surface area (Å²) in [4.78, 5) is 49.1. The van der Waals surface area contributed by atoms with Gasteiger partial charge in [-0.15, -0.1) is 0 Å². The Morgan fingerprint density at radius 3 is 0.976 bits per heavy atom. The fourth-order valence-electron chi connectivity index (χ4n) is 5.96. The van der Waals surface area contributed by atoms with E-state index in [4.69, 9.17) is 4.74 Å². The number of carboxylic acid groups (broad SMARTS) is 4. The number of halogens is 6. The van der Waals surface area contributed by atoms with Crippen LogP contribution in [0.3, 0.4) is 0 Å². The Morgan fingerprint density at radius 1 is 0.548 bits per heavy atom. The molecule has 1 heterocycles. The zero-order valence-electron chi connectivity index (χ0n) is 22.4. The van der Waals surface area contributed by atoms with Gasteiger partial charge in [0.25, 0.3) is 0 Å². The van der Waals surface area contributed by atoms with Gasteiger partial charge >= 0.3 is 36.2 Å². The van der Waals surface area contributed by atoms with Crippen LogP contribution in [0.4, 0.5) is 26.3 Å². The van der Waals surface area contributed by atoms with Crippen LogP contribution in [0.2, 0.25) is 0 Å². The monoisotopic (exact) mass is 606 g/mol. The van der Waals surface area contributed by atoms with E-state index in [1.165, 1.54) is 0 Å². The van der Waals surface area contributed by atoms with Gasteiger partial charge in [0, 0.05) is 22.3 Å². The van der Waals surface area contributed by atoms with Crippen molar-refractivity contribution < 1.29 is 70.7 Å². The molecule has 2 aromatic carbocycles. The number of alkyl halides is 6. The van der Waals surface area contributed by atoms with Crippen molar-refractivity contribution in [1.29, 1.82) is 0 Å². The largest absolute Gasteiger partial charge is 0.478 e. The first kappa shape index (κ1) is 32.2. The van der Waals surface area contributed by atoms with Crippen LogP contribution < -0.4 is 4.74 Å². The number of benzene rings is 2. The Kier molecular flexibility index (Phi) is 8.06. The quantitative estimate of drug-likeness (QED) is 0.255. The lowest BCUT2D eigenvalue weighted by Crippen LogP contribution is -2.57. The number of fused-ring (bicyclic) bond motifs is 2. The van der Waals surface area contributed by atoms with E-state index in [9.17, 15) is 39.6 Å². The molecule has 0 radical (unpaired) electrons. The van der Waals surface area contributed by atoms with Gasteiger partial charge in [0.1, 0.15) is 11.5 Å². The third-order valence-electron chi connectivity index (χ3n) is 7.39. The summed E-state index contributed by atoms with van der Waals surface area (Å²) >= 11 is 0. The van der Waals surface area contributed by atoms with Gasteiger partial charge in [0.05, 0.1) is 22.3 Å². The molecule has 0 spiro atoms. The third kappa shape index (κ3) is 4.16. The zero-order valence-corrected chi connectivity index (χ0v) is 22.4. The lowest BCUT2D eigenvalue weighted by Gasteiger charge is -2.46. The molecule has 9 nitrogen and oxygen atoms in total. The molecule has 1 aliphatic heterocycles. The highest BCUT2D eigenvalue weighted by molar-refractivity contribution is 6.07. The fourth-order valence-corrected chi connectivity index (χ4v) is 5.96. The maximum Gasteiger partial charge on any atom is 0.411 e. The van der Waals surface area contributed by atoms with Gasteiger partial charge in [-0.2, -0.15) is 26.3 Å². The first-order valence-electron chi connectivity index (χ1n) is 12.5. The average Bonchev–Trinajstić information content (AvgIpc) is 2.86. The number of aromatic carboxylic acids is 4. The minimum Gasteiger partial charge on any atom is -0.478 e. The van der Waals surface area contributed by atoms with E-state index in [1.807, 2.05) is 0 Å². The van der Waals surface area contributed by atoms with Crippen LogP contribution in [-0.2, 0) is 31.1 Å². The van der Waals surface area contributed by atoms with Crippen LogP contribution in [0.15, 0.2) is 0 Å². The summed E-state index contributed by atoms with van der Waals surface area (Å²) in [7, 11) is 0. The molecule has 0 aliphatic carbocycles. The molecule has 1 aliphatic rings. The Labute approximate surface area is 233 Å². The predicted molar refractivity (Wildman–Crippen MR) is 131 cm³/mol. The number of carboxylic acids is 4. The molecule has 0 unspecified atom stereocenters. The highest BCUT2D eigenvalue weighted by Gasteiger charge is 2.77. The fraction of sp³-hybridized carbons (Fsp3) is 0.407. The van der Waals surface area contributed by atoms with Crippen LogP contribution in [0, 0.1) is 0 Å². The second-order valence-electron chi connectivity index (χ2n) is 9.30. The van der Waals surface area contributed by atoms with Gasteiger partial charge in [-0.05, 0) is 36.8 Å². The van der Waals surface area contributed by atoms with E-state index in [0.717, 1.165) is 27.7 Å². The molecule has 0 aromatic heterocycles. The smallest absolute Gasteiger partial charge is 0.411 e. The van der Waals surface area contributed by atoms with Gasteiger partial charge in [0.15, 0.2) is 0 Å². The summed E-state index contributed by atoms with van der Waals surface area (Å²) < 4.78 is 98.3. The summed E-state index contributed by atoms with van der Waals surface area (Å²) in [6.45, 7) is 4.38. The molecule has 42 heavy (non-hydrogen) atoms. The summed E-state index contributed by atoms with van der Waals surface area (Å²) in [5.41, 5.74) is -17.2. The number of hydrogen-bond acceptors (Lipinski definition) is 5. The van der Waals surface area contributed by atoms with Crippen LogP contribution in [-0.4, -0.2) is 56.7 Å². The van der Waals surface area contributed by atoms with E-state index >= 15 is 26.3 Å². The van der Waals surface area contributed by atoms with Crippen LogP contribution in [0.5, 0.6) is 11.5 Å². The normalized spacial score (nSPS) is 14.0. The van der Waals surface area contributed by atoms with E-state index in [-0.39, 0.29) is 0 Å². The lowest BCUT2D eigenvalue weighted by atomic mass is 9.64. The second-order valence-corrected chi connectivity index (χ2v) is 9.30. The average molecular weight is 606 g/mol. The summed E-state index contributed by atoms with van der Waals surface area (Å²) in [5, 5.41) is 39.6. The first-order chi connectivity index (χ1) is 19.3. The Bertz CT molecular complexity index is 1420. The van der Waals surface area contributed by atoms with Crippen molar-refractivity contribution in [1.82, 2.24) is 0 Å². The van der Waals surface area contributed by atoms with Crippen molar-refractivity contribution in [2.24, 2.45) is 0 Å². The summed E-state index contributed by atoms with van der Waals surface area (Å²) in [6, 6.07) is 0. The van der Waals surface area contributed by atoms with Crippen molar-refractivity contribution >= 4 is 23.9 Å². The van der Waals surface area contributed by atoms with Crippen molar-refractivity contribution in [2.45, 2.75) is 71.1 Å². The maximum absolute atomic E-state index is 15.4. The SMILES string of the molecule is CCc1c2c(c(CC)c(C(=O)O)c1C(=O)O)C(C(F)(F)F)(C(F)(F)F)c1c(CC)c(C(=O)O)c(C(=O)O)c(CC)c1O2. The second kappa shape index (κ2) is 10.5. The van der Waals surface area contributed by atoms with Gasteiger partial charge in [-0.1, -0.05) is 27.7 Å². The molecule has 0 saturated heterocycles. The molecular weight excluding hydrogens is 582 g/mol. The molecule has 0 fully saturated rings. The molecule has 4 N–H and O–H groups in total. The van der Waals surface area contributed by atoms with E-state index in [1.54, 1.807) is 0 Å². The summed E-state index contributed by atoms with van der Waals surface area (Å²) in [6.07, 6.45) is -15.6. The first-order valence-corrected chi connectivity index (χ1v) is 12.5. The molecule has 0 atom stereocenters.